The Morgan fingerprint density at radius 3 is 2.56 bits per heavy atom. The molecule has 0 atom stereocenters. The maximum atomic E-state index is 13.2. The summed E-state index contributed by atoms with van der Waals surface area (Å²) in [6.45, 7) is 1.83. The van der Waals surface area contributed by atoms with E-state index in [-0.39, 0.29) is 19.7 Å². The fourth-order valence-electron chi connectivity index (χ4n) is 2.72. The quantitative estimate of drug-likeness (QED) is 0.685. The highest BCUT2D eigenvalue weighted by atomic mass is 35.5. The van der Waals surface area contributed by atoms with Crippen molar-refractivity contribution in [1.82, 2.24) is 4.31 Å². The van der Waals surface area contributed by atoms with Crippen molar-refractivity contribution in [1.29, 1.82) is 0 Å². The summed E-state index contributed by atoms with van der Waals surface area (Å²) in [7, 11) is -3.72. The van der Waals surface area contributed by atoms with Crippen LogP contribution in [0.4, 0.5) is 0 Å². The van der Waals surface area contributed by atoms with Gasteiger partial charge in [0.05, 0.1) is 6.61 Å². The maximum absolute atomic E-state index is 13.2. The summed E-state index contributed by atoms with van der Waals surface area (Å²) < 4.78 is 28.9. The second-order valence-corrected chi connectivity index (χ2v) is 9.32. The van der Waals surface area contributed by atoms with Crippen LogP contribution in [0, 0.1) is 6.92 Å². The van der Waals surface area contributed by atoms with E-state index in [0.717, 1.165) is 15.6 Å². The van der Waals surface area contributed by atoms with Gasteiger partial charge in [0, 0.05) is 22.8 Å². The molecule has 7 heteroatoms. The first kappa shape index (κ1) is 18.4. The molecule has 3 aromatic rings. The van der Waals surface area contributed by atoms with E-state index in [9.17, 15) is 13.5 Å². The van der Waals surface area contributed by atoms with Crippen LogP contribution in [0.15, 0.2) is 52.7 Å². The summed E-state index contributed by atoms with van der Waals surface area (Å²) >= 11 is 7.28. The van der Waals surface area contributed by atoms with Gasteiger partial charge in [0.2, 0.25) is 0 Å². The second-order valence-electron chi connectivity index (χ2n) is 5.70. The smallest absolute Gasteiger partial charge is 0.253 e. The van der Waals surface area contributed by atoms with Crippen molar-refractivity contribution in [3.63, 3.8) is 0 Å². The molecule has 0 spiro atoms. The summed E-state index contributed by atoms with van der Waals surface area (Å²) in [5.74, 6) is 0. The van der Waals surface area contributed by atoms with Crippen LogP contribution in [0.25, 0.3) is 10.1 Å². The molecular weight excluding hydrogens is 378 g/mol. The van der Waals surface area contributed by atoms with E-state index < -0.39 is 10.0 Å². The Labute approximate surface area is 156 Å². The van der Waals surface area contributed by atoms with E-state index in [1.54, 1.807) is 19.1 Å². The largest absolute Gasteiger partial charge is 0.395 e. The van der Waals surface area contributed by atoms with Crippen molar-refractivity contribution in [3.05, 3.63) is 64.7 Å². The van der Waals surface area contributed by atoms with Crippen molar-refractivity contribution in [2.75, 3.05) is 13.2 Å². The summed E-state index contributed by atoms with van der Waals surface area (Å²) in [6.07, 6.45) is 0. The monoisotopic (exact) mass is 395 g/mol. The molecule has 1 heterocycles. The third-order valence-electron chi connectivity index (χ3n) is 3.98. The number of halogens is 1. The Kier molecular flexibility index (Phi) is 5.46. The number of hydrogen-bond donors (Lipinski definition) is 1. The third-order valence-corrected chi connectivity index (χ3v) is 7.93. The number of rotatable bonds is 6. The van der Waals surface area contributed by atoms with Crippen LogP contribution < -0.4 is 0 Å². The first-order valence-electron chi connectivity index (χ1n) is 7.77. The topological polar surface area (TPSA) is 57.6 Å². The summed E-state index contributed by atoms with van der Waals surface area (Å²) in [5.41, 5.74) is 1.57. The number of aliphatic hydroxyl groups excluding tert-OH is 1. The number of aliphatic hydroxyl groups is 1. The van der Waals surface area contributed by atoms with Gasteiger partial charge in [0.15, 0.2) is 0 Å². The lowest BCUT2D eigenvalue weighted by Gasteiger charge is -2.21. The number of hydrogen-bond acceptors (Lipinski definition) is 4. The maximum Gasteiger partial charge on any atom is 0.253 e. The molecule has 0 amide bonds. The SMILES string of the molecule is Cc1c(S(=O)(=O)N(CCO)Cc2ccccc2)sc2ccc(Cl)cc12. The Hall–Kier alpha value is -1.44. The highest BCUT2D eigenvalue weighted by Gasteiger charge is 2.28. The molecular formula is C18H18ClNO3S2. The predicted octanol–water partition coefficient (Wildman–Crippen LogP) is 4.05. The van der Waals surface area contributed by atoms with Gasteiger partial charge in [-0.2, -0.15) is 4.31 Å². The Morgan fingerprint density at radius 2 is 1.88 bits per heavy atom. The van der Waals surface area contributed by atoms with Crippen molar-refractivity contribution < 1.29 is 13.5 Å². The van der Waals surface area contributed by atoms with E-state index in [2.05, 4.69) is 0 Å². The van der Waals surface area contributed by atoms with Gasteiger partial charge in [-0.15, -0.1) is 11.3 Å². The van der Waals surface area contributed by atoms with Crippen molar-refractivity contribution in [2.24, 2.45) is 0 Å². The van der Waals surface area contributed by atoms with Crippen LogP contribution in [-0.4, -0.2) is 31.0 Å². The first-order valence-corrected chi connectivity index (χ1v) is 10.4. The second kappa shape index (κ2) is 7.43. The summed E-state index contributed by atoms with van der Waals surface area (Å²) in [4.78, 5) is 0. The molecule has 0 saturated heterocycles. The average Bonchev–Trinajstić information content (AvgIpc) is 2.93. The van der Waals surface area contributed by atoms with Gasteiger partial charge < -0.3 is 5.11 Å². The lowest BCUT2D eigenvalue weighted by atomic mass is 10.2. The Bertz CT molecular complexity index is 984. The Balaban J connectivity index is 2.04. The van der Waals surface area contributed by atoms with Crippen LogP contribution in [0.2, 0.25) is 5.02 Å². The van der Waals surface area contributed by atoms with Crippen LogP contribution in [-0.2, 0) is 16.6 Å². The van der Waals surface area contributed by atoms with E-state index in [1.165, 1.54) is 15.6 Å². The first-order chi connectivity index (χ1) is 11.9. The highest BCUT2D eigenvalue weighted by Crippen LogP contribution is 2.37. The molecule has 0 aliphatic rings. The van der Waals surface area contributed by atoms with Crippen LogP contribution in [0.5, 0.6) is 0 Å². The molecule has 0 bridgehead atoms. The fraction of sp³-hybridized carbons (Fsp3) is 0.222. The van der Waals surface area contributed by atoms with Gasteiger partial charge in [-0.1, -0.05) is 41.9 Å². The number of benzene rings is 2. The highest BCUT2D eigenvalue weighted by molar-refractivity contribution is 7.91. The van der Waals surface area contributed by atoms with Gasteiger partial charge in [-0.3, -0.25) is 0 Å². The molecule has 132 valence electrons. The van der Waals surface area contributed by atoms with Crippen LogP contribution >= 0.6 is 22.9 Å². The summed E-state index contributed by atoms with van der Waals surface area (Å²) in [5, 5.41) is 10.8. The van der Waals surface area contributed by atoms with Crippen LogP contribution in [0.3, 0.4) is 0 Å². The number of nitrogens with zero attached hydrogens (tertiary/aromatic N) is 1. The van der Waals surface area contributed by atoms with E-state index in [0.29, 0.717) is 14.8 Å². The number of thiophene rings is 1. The van der Waals surface area contributed by atoms with Gasteiger partial charge in [0.25, 0.3) is 10.0 Å². The molecule has 2 aromatic carbocycles. The minimum absolute atomic E-state index is 0.0473. The van der Waals surface area contributed by atoms with Crippen molar-refractivity contribution in [3.8, 4) is 0 Å². The van der Waals surface area contributed by atoms with Gasteiger partial charge in [0.1, 0.15) is 4.21 Å². The molecule has 3 rings (SSSR count). The van der Waals surface area contributed by atoms with Gasteiger partial charge in [-0.25, -0.2) is 8.42 Å². The number of fused-ring (bicyclic) bond motifs is 1. The predicted molar refractivity (Wildman–Crippen MR) is 103 cm³/mol. The zero-order valence-electron chi connectivity index (χ0n) is 13.6. The zero-order chi connectivity index (χ0) is 18.0. The standard InChI is InChI=1S/C18H18ClNO3S2/c1-13-16-11-15(19)7-8-17(16)24-18(13)25(22,23)20(9-10-21)12-14-5-3-2-4-6-14/h2-8,11,21H,9-10,12H2,1H3. The molecule has 0 radical (unpaired) electrons. The molecule has 25 heavy (non-hydrogen) atoms. The van der Waals surface area contributed by atoms with Gasteiger partial charge in [-0.05, 0) is 41.6 Å². The van der Waals surface area contributed by atoms with Crippen LogP contribution in [0.1, 0.15) is 11.1 Å². The molecule has 1 aromatic heterocycles. The molecule has 0 aliphatic carbocycles. The Morgan fingerprint density at radius 1 is 1.16 bits per heavy atom. The van der Waals surface area contributed by atoms with Crippen molar-refractivity contribution in [2.45, 2.75) is 17.7 Å². The van der Waals surface area contributed by atoms with E-state index in [1.807, 2.05) is 36.4 Å². The molecule has 0 saturated carbocycles. The molecule has 0 fully saturated rings. The molecule has 1 N–H and O–H groups in total. The van der Waals surface area contributed by atoms with E-state index >= 15 is 0 Å². The molecule has 4 nitrogen and oxygen atoms in total. The minimum Gasteiger partial charge on any atom is -0.395 e. The van der Waals surface area contributed by atoms with E-state index in [4.69, 9.17) is 11.6 Å². The number of sulfonamides is 1. The summed E-state index contributed by atoms with van der Waals surface area (Å²) in [6, 6.07) is 14.7. The molecule has 0 aliphatic heterocycles. The molecule has 0 unspecified atom stereocenters. The lowest BCUT2D eigenvalue weighted by Crippen LogP contribution is -2.33. The van der Waals surface area contributed by atoms with Gasteiger partial charge >= 0.3 is 0 Å². The lowest BCUT2D eigenvalue weighted by molar-refractivity contribution is 0.251. The fourth-order valence-corrected chi connectivity index (χ4v) is 6.19. The number of aryl methyl sites for hydroxylation is 1. The normalized spacial score (nSPS) is 12.2. The zero-order valence-corrected chi connectivity index (χ0v) is 16.0. The van der Waals surface area contributed by atoms with Crippen molar-refractivity contribution >= 4 is 43.0 Å². The average molecular weight is 396 g/mol. The third kappa shape index (κ3) is 3.73. The minimum atomic E-state index is -3.72.